The van der Waals surface area contributed by atoms with Crippen LogP contribution in [0, 0.1) is 15.9 Å². The second-order valence-electron chi connectivity index (χ2n) is 6.46. The number of nitrogens with zero attached hydrogens (tertiary/aromatic N) is 4. The monoisotopic (exact) mass is 400 g/mol. The van der Waals surface area contributed by atoms with E-state index in [-0.39, 0.29) is 23.4 Å². The Kier molecular flexibility index (Phi) is 6.18. The molecule has 0 radical (unpaired) electrons. The summed E-state index contributed by atoms with van der Waals surface area (Å²) in [5.41, 5.74) is 1.39. The van der Waals surface area contributed by atoms with Gasteiger partial charge in [-0.1, -0.05) is 13.0 Å². The molecule has 0 aliphatic rings. The third-order valence-corrected chi connectivity index (χ3v) is 4.68. The topological polar surface area (TPSA) is 94.5 Å². The van der Waals surface area contributed by atoms with Crippen molar-refractivity contribution >= 4 is 5.69 Å². The normalized spacial score (nSPS) is 12.2. The summed E-state index contributed by atoms with van der Waals surface area (Å²) in [5.74, 6) is 0.490. The first-order valence-electron chi connectivity index (χ1n) is 9.07. The van der Waals surface area contributed by atoms with Crippen LogP contribution >= 0.6 is 0 Å². The van der Waals surface area contributed by atoms with Crippen molar-refractivity contribution in [2.75, 3.05) is 13.7 Å². The van der Waals surface area contributed by atoms with Crippen LogP contribution < -0.4 is 4.74 Å². The standard InChI is InChI=1S/C20H21FN4O4/c1-4-24(12-14-5-10-18(28-3)17(21)11-14)13(2)19-22-23-20(29-19)15-6-8-16(9-7-15)25(26)27/h5-11,13H,4,12H2,1-3H3/t13-/m1/s1. The van der Waals surface area contributed by atoms with E-state index in [0.29, 0.717) is 24.5 Å². The number of nitro groups is 1. The highest BCUT2D eigenvalue weighted by atomic mass is 19.1. The molecular weight excluding hydrogens is 379 g/mol. The fourth-order valence-corrected chi connectivity index (χ4v) is 2.97. The maximum Gasteiger partial charge on any atom is 0.269 e. The number of nitro benzene ring substituents is 1. The first kappa shape index (κ1) is 20.4. The van der Waals surface area contributed by atoms with Gasteiger partial charge in [0.1, 0.15) is 0 Å². The van der Waals surface area contributed by atoms with Crippen molar-refractivity contribution in [3.05, 3.63) is 69.9 Å². The largest absolute Gasteiger partial charge is 0.494 e. The average Bonchev–Trinajstić information content (AvgIpc) is 3.22. The molecule has 0 aliphatic heterocycles. The van der Waals surface area contributed by atoms with E-state index in [1.54, 1.807) is 18.2 Å². The highest BCUT2D eigenvalue weighted by Gasteiger charge is 2.22. The van der Waals surface area contributed by atoms with Gasteiger partial charge in [-0.2, -0.15) is 0 Å². The molecule has 0 aliphatic carbocycles. The molecule has 0 N–H and O–H groups in total. The lowest BCUT2D eigenvalue weighted by molar-refractivity contribution is -0.384. The van der Waals surface area contributed by atoms with Crippen molar-refractivity contribution in [2.45, 2.75) is 26.4 Å². The molecule has 0 bridgehead atoms. The molecule has 0 unspecified atom stereocenters. The molecule has 8 nitrogen and oxygen atoms in total. The van der Waals surface area contributed by atoms with Gasteiger partial charge >= 0.3 is 0 Å². The number of ether oxygens (including phenoxy) is 1. The zero-order valence-corrected chi connectivity index (χ0v) is 16.3. The van der Waals surface area contributed by atoms with Crippen molar-refractivity contribution in [2.24, 2.45) is 0 Å². The molecule has 0 saturated carbocycles. The second-order valence-corrected chi connectivity index (χ2v) is 6.46. The van der Waals surface area contributed by atoms with Gasteiger partial charge in [0, 0.05) is 24.2 Å². The zero-order chi connectivity index (χ0) is 21.0. The smallest absolute Gasteiger partial charge is 0.269 e. The predicted octanol–water partition coefficient (Wildman–Crippen LogP) is 4.38. The third kappa shape index (κ3) is 4.57. The van der Waals surface area contributed by atoms with E-state index in [1.807, 2.05) is 19.9 Å². The molecule has 9 heteroatoms. The van der Waals surface area contributed by atoms with Gasteiger partial charge in [-0.25, -0.2) is 4.39 Å². The SMILES string of the molecule is CCN(Cc1ccc(OC)c(F)c1)[C@H](C)c1nnc(-c2ccc([N+](=O)[O-])cc2)o1. The summed E-state index contributed by atoms with van der Waals surface area (Å²) in [6, 6.07) is 10.6. The molecule has 0 saturated heterocycles. The maximum atomic E-state index is 14.0. The fraction of sp³-hybridized carbons (Fsp3) is 0.300. The number of halogens is 1. The van der Waals surface area contributed by atoms with Crippen LogP contribution in [0.1, 0.15) is 31.3 Å². The Morgan fingerprint density at radius 2 is 1.97 bits per heavy atom. The van der Waals surface area contributed by atoms with Gasteiger partial charge in [-0.3, -0.25) is 15.0 Å². The van der Waals surface area contributed by atoms with E-state index in [0.717, 1.165) is 5.56 Å². The first-order chi connectivity index (χ1) is 13.9. The number of aromatic nitrogens is 2. The van der Waals surface area contributed by atoms with Crippen LogP contribution in [0.25, 0.3) is 11.5 Å². The summed E-state index contributed by atoms with van der Waals surface area (Å²) < 4.78 is 24.7. The van der Waals surface area contributed by atoms with Crippen molar-refractivity contribution in [1.82, 2.24) is 15.1 Å². The molecule has 1 atom stereocenters. The van der Waals surface area contributed by atoms with Crippen LogP contribution in [-0.4, -0.2) is 33.7 Å². The molecule has 152 valence electrons. The summed E-state index contributed by atoms with van der Waals surface area (Å²) in [7, 11) is 1.43. The summed E-state index contributed by atoms with van der Waals surface area (Å²) in [6.45, 7) is 5.10. The molecule has 29 heavy (non-hydrogen) atoms. The van der Waals surface area contributed by atoms with E-state index >= 15 is 0 Å². The lowest BCUT2D eigenvalue weighted by Crippen LogP contribution is -2.26. The van der Waals surface area contributed by atoms with Gasteiger partial charge in [0.15, 0.2) is 11.6 Å². The Morgan fingerprint density at radius 1 is 1.24 bits per heavy atom. The number of non-ortho nitro benzene ring substituents is 1. The van der Waals surface area contributed by atoms with Crippen LogP contribution in [0.3, 0.4) is 0 Å². The van der Waals surface area contributed by atoms with Crippen LogP contribution in [-0.2, 0) is 6.54 Å². The lowest BCUT2D eigenvalue weighted by atomic mass is 10.1. The van der Waals surface area contributed by atoms with Crippen LogP contribution in [0.15, 0.2) is 46.9 Å². The summed E-state index contributed by atoms with van der Waals surface area (Å²) in [6.07, 6.45) is 0. The quantitative estimate of drug-likeness (QED) is 0.409. The number of benzene rings is 2. The molecule has 3 rings (SSSR count). The summed E-state index contributed by atoms with van der Waals surface area (Å²) in [4.78, 5) is 12.4. The Balaban J connectivity index is 1.75. The van der Waals surface area contributed by atoms with Gasteiger partial charge < -0.3 is 9.15 Å². The molecule has 1 aromatic heterocycles. The van der Waals surface area contributed by atoms with Gasteiger partial charge in [-0.15, -0.1) is 10.2 Å². The number of hydrogen-bond donors (Lipinski definition) is 0. The molecule has 0 spiro atoms. The molecule has 1 heterocycles. The average molecular weight is 400 g/mol. The highest BCUT2D eigenvalue weighted by Crippen LogP contribution is 2.27. The van der Waals surface area contributed by atoms with Gasteiger partial charge in [0.05, 0.1) is 18.1 Å². The second kappa shape index (κ2) is 8.78. The summed E-state index contributed by atoms with van der Waals surface area (Å²) >= 11 is 0. The minimum Gasteiger partial charge on any atom is -0.494 e. The number of rotatable bonds is 8. The lowest BCUT2D eigenvalue weighted by Gasteiger charge is -2.25. The number of hydrogen-bond acceptors (Lipinski definition) is 7. The van der Waals surface area contributed by atoms with Crippen LogP contribution in [0.5, 0.6) is 5.75 Å². The maximum absolute atomic E-state index is 14.0. The molecule has 2 aromatic carbocycles. The van der Waals surface area contributed by atoms with Gasteiger partial charge in [-0.05, 0) is 43.3 Å². The molecule has 0 fully saturated rings. The highest BCUT2D eigenvalue weighted by molar-refractivity contribution is 5.55. The van der Waals surface area contributed by atoms with E-state index in [2.05, 4.69) is 15.1 Å². The predicted molar refractivity (Wildman–Crippen MR) is 104 cm³/mol. The van der Waals surface area contributed by atoms with Crippen LogP contribution in [0.2, 0.25) is 0 Å². The first-order valence-corrected chi connectivity index (χ1v) is 9.07. The minimum absolute atomic E-state index is 0.00858. The van der Waals surface area contributed by atoms with Crippen molar-refractivity contribution in [3.63, 3.8) is 0 Å². The van der Waals surface area contributed by atoms with E-state index < -0.39 is 10.7 Å². The number of methoxy groups -OCH3 is 1. The van der Waals surface area contributed by atoms with Crippen molar-refractivity contribution in [3.8, 4) is 17.2 Å². The minimum atomic E-state index is -0.466. The Bertz CT molecular complexity index is 990. The molecule has 0 amide bonds. The summed E-state index contributed by atoms with van der Waals surface area (Å²) in [5, 5.41) is 18.9. The van der Waals surface area contributed by atoms with Crippen LogP contribution in [0.4, 0.5) is 10.1 Å². The van der Waals surface area contributed by atoms with Crippen molar-refractivity contribution < 1.29 is 18.5 Å². The van der Waals surface area contributed by atoms with Gasteiger partial charge in [0.2, 0.25) is 11.8 Å². The van der Waals surface area contributed by atoms with Crippen molar-refractivity contribution in [1.29, 1.82) is 0 Å². The zero-order valence-electron chi connectivity index (χ0n) is 16.3. The van der Waals surface area contributed by atoms with E-state index in [4.69, 9.17) is 9.15 Å². The van der Waals surface area contributed by atoms with Gasteiger partial charge in [0.25, 0.3) is 5.69 Å². The fourth-order valence-electron chi connectivity index (χ4n) is 2.97. The van der Waals surface area contributed by atoms with E-state index in [9.17, 15) is 14.5 Å². The van der Waals surface area contributed by atoms with E-state index in [1.165, 1.54) is 25.3 Å². The third-order valence-electron chi connectivity index (χ3n) is 4.68. The Labute approximate surface area is 167 Å². The molecule has 3 aromatic rings. The Morgan fingerprint density at radius 3 is 2.55 bits per heavy atom. The molecular formula is C20H21FN4O4. The Hall–Kier alpha value is -3.33.